The number of hydrogen-bond donors (Lipinski definition) is 0. The number of carbonyl (C=O) groups is 2. The van der Waals surface area contributed by atoms with Crippen LogP contribution in [0.3, 0.4) is 0 Å². The summed E-state index contributed by atoms with van der Waals surface area (Å²) in [6.45, 7) is 7.67. The van der Waals surface area contributed by atoms with Crippen LogP contribution < -0.4 is 4.74 Å². The van der Waals surface area contributed by atoms with Gasteiger partial charge in [0.05, 0.1) is 26.4 Å². The van der Waals surface area contributed by atoms with E-state index >= 15 is 0 Å². The van der Waals surface area contributed by atoms with Crippen molar-refractivity contribution in [2.75, 3.05) is 33.0 Å². The summed E-state index contributed by atoms with van der Waals surface area (Å²) in [5, 5.41) is 0. The fraction of sp³-hybridized carbons (Fsp3) is 0.724. The number of hydrogen-bond acceptors (Lipinski definition) is 7. The third-order valence-corrected chi connectivity index (χ3v) is 6.58. The quantitative estimate of drug-likeness (QED) is 0.137. The minimum Gasteiger partial charge on any atom is -0.494 e. The molecule has 1 aromatic carbocycles. The third-order valence-electron chi connectivity index (χ3n) is 6.58. The van der Waals surface area contributed by atoms with Gasteiger partial charge in [-0.2, -0.15) is 0 Å². The maximum absolute atomic E-state index is 13.1. The highest BCUT2D eigenvalue weighted by molar-refractivity contribution is 6.00. The zero-order valence-corrected chi connectivity index (χ0v) is 22.6. The fourth-order valence-electron chi connectivity index (χ4n) is 4.37. The van der Waals surface area contributed by atoms with E-state index in [0.717, 1.165) is 37.0 Å². The van der Waals surface area contributed by atoms with Crippen molar-refractivity contribution in [1.82, 2.24) is 0 Å². The SMILES string of the molecule is CCCCCCCOc1ccc(CCC(CCOC2CCCCO2)(C(=O)OCC)C(=O)OCC)cc1. The summed E-state index contributed by atoms with van der Waals surface area (Å²) >= 11 is 0. The molecule has 7 nitrogen and oxygen atoms in total. The molecule has 0 spiro atoms. The van der Waals surface area contributed by atoms with Crippen molar-refractivity contribution in [3.05, 3.63) is 29.8 Å². The maximum Gasteiger partial charge on any atom is 0.323 e. The highest BCUT2D eigenvalue weighted by Crippen LogP contribution is 2.33. The predicted molar refractivity (Wildman–Crippen MR) is 139 cm³/mol. The standard InChI is InChI=1S/C29H46O7/c1-4-7-8-9-11-21-34-25-16-14-24(15-17-25)18-19-29(27(30)32-5-2,28(31)33-6-3)20-23-36-26-13-10-12-22-35-26/h14-17,26H,4-13,18-23H2,1-3H3. The second kappa shape index (κ2) is 17.4. The van der Waals surface area contributed by atoms with Gasteiger partial charge in [0.1, 0.15) is 5.75 Å². The maximum atomic E-state index is 13.1. The number of carbonyl (C=O) groups excluding carboxylic acids is 2. The number of aryl methyl sites for hydroxylation is 1. The van der Waals surface area contributed by atoms with Crippen molar-refractivity contribution in [3.63, 3.8) is 0 Å². The van der Waals surface area contributed by atoms with Gasteiger partial charge in [-0.05, 0) is 76.5 Å². The lowest BCUT2D eigenvalue weighted by Gasteiger charge is -2.30. The predicted octanol–water partition coefficient (Wildman–Crippen LogP) is 6.01. The van der Waals surface area contributed by atoms with Gasteiger partial charge in [0.15, 0.2) is 11.7 Å². The molecule has 204 valence electrons. The van der Waals surface area contributed by atoms with E-state index in [2.05, 4.69) is 6.92 Å². The third kappa shape index (κ3) is 10.1. The van der Waals surface area contributed by atoms with Crippen molar-refractivity contribution >= 4 is 11.9 Å². The first-order chi connectivity index (χ1) is 17.6. The first-order valence-corrected chi connectivity index (χ1v) is 13.8. The van der Waals surface area contributed by atoms with Gasteiger partial charge >= 0.3 is 11.9 Å². The molecular weight excluding hydrogens is 460 g/mol. The molecule has 1 fully saturated rings. The summed E-state index contributed by atoms with van der Waals surface area (Å²) in [5.41, 5.74) is -0.409. The Bertz CT molecular complexity index is 722. The fourth-order valence-corrected chi connectivity index (χ4v) is 4.37. The van der Waals surface area contributed by atoms with Crippen LogP contribution in [0.2, 0.25) is 0 Å². The van der Waals surface area contributed by atoms with Gasteiger partial charge in [0, 0.05) is 6.61 Å². The largest absolute Gasteiger partial charge is 0.494 e. The van der Waals surface area contributed by atoms with E-state index in [-0.39, 0.29) is 39.0 Å². The number of unbranched alkanes of at least 4 members (excludes halogenated alkanes) is 4. The van der Waals surface area contributed by atoms with E-state index in [9.17, 15) is 9.59 Å². The Morgan fingerprint density at radius 1 is 0.889 bits per heavy atom. The van der Waals surface area contributed by atoms with E-state index in [0.29, 0.717) is 19.6 Å². The average Bonchev–Trinajstić information content (AvgIpc) is 2.89. The highest BCUT2D eigenvalue weighted by Gasteiger charge is 2.48. The summed E-state index contributed by atoms with van der Waals surface area (Å²) < 4.78 is 28.1. The average molecular weight is 507 g/mol. The zero-order valence-electron chi connectivity index (χ0n) is 22.6. The second-order valence-electron chi connectivity index (χ2n) is 9.35. The Hall–Kier alpha value is -2.12. The number of esters is 2. The topological polar surface area (TPSA) is 80.3 Å². The minimum absolute atomic E-state index is 0.184. The van der Waals surface area contributed by atoms with E-state index in [1.807, 2.05) is 24.3 Å². The van der Waals surface area contributed by atoms with E-state index in [4.69, 9.17) is 23.7 Å². The van der Waals surface area contributed by atoms with Crippen LogP contribution in [0.5, 0.6) is 5.75 Å². The molecule has 1 saturated heterocycles. The highest BCUT2D eigenvalue weighted by atomic mass is 16.7. The van der Waals surface area contributed by atoms with Crippen molar-refractivity contribution in [2.45, 2.75) is 97.7 Å². The lowest BCUT2D eigenvalue weighted by Crippen LogP contribution is -2.44. The minimum atomic E-state index is -1.42. The molecule has 7 heteroatoms. The normalized spacial score (nSPS) is 15.9. The van der Waals surface area contributed by atoms with Crippen molar-refractivity contribution < 1.29 is 33.3 Å². The first kappa shape index (κ1) is 30.1. The first-order valence-electron chi connectivity index (χ1n) is 13.8. The van der Waals surface area contributed by atoms with Gasteiger partial charge in [-0.25, -0.2) is 0 Å². The van der Waals surface area contributed by atoms with Crippen molar-refractivity contribution in [3.8, 4) is 5.75 Å². The molecule has 0 N–H and O–H groups in total. The van der Waals surface area contributed by atoms with Crippen LogP contribution in [0.4, 0.5) is 0 Å². The molecule has 36 heavy (non-hydrogen) atoms. The summed E-state index contributed by atoms with van der Waals surface area (Å²) in [6.07, 6.45) is 9.58. The zero-order chi connectivity index (χ0) is 26.1. The van der Waals surface area contributed by atoms with Crippen LogP contribution in [0.25, 0.3) is 0 Å². The molecule has 1 atom stereocenters. The summed E-state index contributed by atoms with van der Waals surface area (Å²) in [7, 11) is 0. The molecule has 0 radical (unpaired) electrons. The molecule has 0 bridgehead atoms. The second-order valence-corrected chi connectivity index (χ2v) is 9.35. The summed E-state index contributed by atoms with van der Waals surface area (Å²) in [4.78, 5) is 26.2. The molecule has 0 amide bonds. The van der Waals surface area contributed by atoms with Crippen molar-refractivity contribution in [2.24, 2.45) is 5.41 Å². The molecule has 1 aliphatic heterocycles. The lowest BCUT2D eigenvalue weighted by atomic mass is 9.79. The molecule has 0 saturated carbocycles. The van der Waals surface area contributed by atoms with Crippen LogP contribution in [-0.2, 0) is 35.0 Å². The number of rotatable bonds is 18. The molecule has 1 unspecified atom stereocenters. The Morgan fingerprint density at radius 2 is 1.58 bits per heavy atom. The van der Waals surface area contributed by atoms with Crippen LogP contribution >= 0.6 is 0 Å². The molecule has 2 rings (SSSR count). The van der Waals surface area contributed by atoms with E-state index < -0.39 is 17.4 Å². The lowest BCUT2D eigenvalue weighted by molar-refractivity contribution is -0.184. The van der Waals surface area contributed by atoms with Gasteiger partial charge in [0.25, 0.3) is 0 Å². The molecule has 0 aromatic heterocycles. The number of ether oxygens (including phenoxy) is 5. The molecule has 1 aliphatic rings. The van der Waals surface area contributed by atoms with Gasteiger partial charge in [0.2, 0.25) is 0 Å². The van der Waals surface area contributed by atoms with Crippen molar-refractivity contribution in [1.29, 1.82) is 0 Å². The molecule has 1 heterocycles. The van der Waals surface area contributed by atoms with Crippen LogP contribution in [0, 0.1) is 5.41 Å². The van der Waals surface area contributed by atoms with Crippen LogP contribution in [0.15, 0.2) is 24.3 Å². The van der Waals surface area contributed by atoms with E-state index in [1.165, 1.54) is 25.7 Å². The van der Waals surface area contributed by atoms with Crippen LogP contribution in [-0.4, -0.2) is 51.3 Å². The molecule has 1 aromatic rings. The smallest absolute Gasteiger partial charge is 0.323 e. The summed E-state index contributed by atoms with van der Waals surface area (Å²) in [5.74, 6) is -0.281. The number of benzene rings is 1. The Labute approximate surface area is 217 Å². The summed E-state index contributed by atoms with van der Waals surface area (Å²) in [6, 6.07) is 7.86. The Morgan fingerprint density at radius 3 is 2.19 bits per heavy atom. The van der Waals surface area contributed by atoms with Gasteiger partial charge in [-0.15, -0.1) is 0 Å². The monoisotopic (exact) mass is 506 g/mol. The van der Waals surface area contributed by atoms with Gasteiger partial charge in [-0.1, -0.05) is 44.7 Å². The molecule has 0 aliphatic carbocycles. The van der Waals surface area contributed by atoms with E-state index in [1.54, 1.807) is 13.8 Å². The molecular formula is C29H46O7. The Kier molecular flexibility index (Phi) is 14.5. The van der Waals surface area contributed by atoms with Gasteiger partial charge < -0.3 is 23.7 Å². The van der Waals surface area contributed by atoms with Gasteiger partial charge in [-0.3, -0.25) is 9.59 Å². The Balaban J connectivity index is 2.00. The van der Waals surface area contributed by atoms with Crippen LogP contribution in [0.1, 0.15) is 90.5 Å².